The Labute approximate surface area is 191 Å². The van der Waals surface area contributed by atoms with Gasteiger partial charge >= 0.3 is 0 Å². The van der Waals surface area contributed by atoms with Crippen LogP contribution in [0.15, 0.2) is 39.5 Å². The van der Waals surface area contributed by atoms with Gasteiger partial charge < -0.3 is 54.4 Å². The quantitative estimate of drug-likeness (QED) is 0.254. The molecule has 34 heavy (non-hydrogen) atoms. The molecular weight excluding hydrogens is 456 g/mol. The first-order valence-electron chi connectivity index (χ1n) is 10.0. The van der Waals surface area contributed by atoms with Crippen molar-refractivity contribution in [2.24, 2.45) is 0 Å². The van der Waals surface area contributed by atoms with Crippen LogP contribution in [0, 0.1) is 0 Å². The number of hydrogen-bond acceptors (Lipinski definition) is 12. The van der Waals surface area contributed by atoms with Gasteiger partial charge in [0.2, 0.25) is 17.5 Å². The zero-order chi connectivity index (χ0) is 24.7. The second-order valence-corrected chi connectivity index (χ2v) is 7.63. The topological polar surface area (TPSA) is 200 Å². The molecule has 0 radical (unpaired) electrons. The van der Waals surface area contributed by atoms with Crippen LogP contribution in [0.25, 0.3) is 22.3 Å². The van der Waals surface area contributed by atoms with Gasteiger partial charge in [-0.1, -0.05) is 0 Å². The summed E-state index contributed by atoms with van der Waals surface area (Å²) in [6.45, 7) is -0.726. The van der Waals surface area contributed by atoms with Gasteiger partial charge in [0.05, 0.1) is 13.7 Å². The molecule has 2 aromatic carbocycles. The molecule has 1 aliphatic rings. The van der Waals surface area contributed by atoms with Gasteiger partial charge in [-0.3, -0.25) is 4.79 Å². The third-order valence-electron chi connectivity index (χ3n) is 5.44. The summed E-state index contributed by atoms with van der Waals surface area (Å²) in [5, 5.41) is 69.7. The van der Waals surface area contributed by atoms with Crippen LogP contribution in [0.1, 0.15) is 0 Å². The van der Waals surface area contributed by atoms with E-state index in [4.69, 9.17) is 18.6 Å². The Balaban J connectivity index is 1.90. The molecule has 7 N–H and O–H groups in total. The van der Waals surface area contributed by atoms with Crippen LogP contribution in [0.3, 0.4) is 0 Å². The first-order chi connectivity index (χ1) is 16.2. The molecule has 0 amide bonds. The van der Waals surface area contributed by atoms with Gasteiger partial charge in [-0.05, 0) is 18.2 Å². The number of hydrogen-bond donors (Lipinski definition) is 7. The molecular formula is C22H22O12. The normalized spacial score (nSPS) is 24.8. The summed E-state index contributed by atoms with van der Waals surface area (Å²) in [4.78, 5) is 13.3. The van der Waals surface area contributed by atoms with Crippen LogP contribution in [0.2, 0.25) is 0 Å². The van der Waals surface area contributed by atoms with Crippen LogP contribution < -0.4 is 14.9 Å². The SMILES string of the molecule is COc1ccc(-c2oc3cc(O)cc(O)c3c(=O)c2O[C@@H]2O[C@@H](CO)[C@H](O)[C@H](O)[C@@H]2O)cc1O. The largest absolute Gasteiger partial charge is 0.508 e. The fourth-order valence-corrected chi connectivity index (χ4v) is 3.68. The van der Waals surface area contributed by atoms with E-state index >= 15 is 0 Å². The van der Waals surface area contributed by atoms with E-state index in [2.05, 4.69) is 0 Å². The highest BCUT2D eigenvalue weighted by atomic mass is 16.7. The van der Waals surface area contributed by atoms with Crippen LogP contribution in [0.4, 0.5) is 0 Å². The number of aromatic hydroxyl groups is 3. The highest BCUT2D eigenvalue weighted by Crippen LogP contribution is 2.39. The lowest BCUT2D eigenvalue weighted by Crippen LogP contribution is -2.60. The number of methoxy groups -OCH3 is 1. The minimum Gasteiger partial charge on any atom is -0.508 e. The average molecular weight is 478 g/mol. The standard InChI is InChI=1S/C22H22O12/c1-31-12-3-2-8(4-10(12)25)20-21(17(28)15-11(26)5-9(24)6-13(15)32-20)34-22-19(30)18(29)16(27)14(7-23)33-22/h2-6,14,16,18-19,22-27,29-30H,7H2,1H3/t14-,16-,18-,19-,22-/m0/s1. The fraction of sp³-hybridized carbons (Fsp3) is 0.318. The summed E-state index contributed by atoms with van der Waals surface area (Å²) in [5.74, 6) is -2.05. The highest BCUT2D eigenvalue weighted by Gasteiger charge is 2.45. The van der Waals surface area contributed by atoms with Gasteiger partial charge in [0.1, 0.15) is 46.9 Å². The van der Waals surface area contributed by atoms with Crippen molar-refractivity contribution >= 4 is 11.0 Å². The minimum absolute atomic E-state index is 0.111. The Kier molecular flexibility index (Phi) is 6.25. The van der Waals surface area contributed by atoms with Crippen molar-refractivity contribution in [3.05, 3.63) is 40.6 Å². The van der Waals surface area contributed by atoms with E-state index in [1.54, 1.807) is 0 Å². The molecule has 1 fully saturated rings. The van der Waals surface area contributed by atoms with E-state index < -0.39 is 54.2 Å². The average Bonchev–Trinajstić information content (AvgIpc) is 2.80. The van der Waals surface area contributed by atoms with E-state index in [0.717, 1.165) is 12.1 Å². The summed E-state index contributed by atoms with van der Waals surface area (Å²) < 4.78 is 21.6. The van der Waals surface area contributed by atoms with Gasteiger partial charge in [-0.15, -0.1) is 0 Å². The molecule has 4 rings (SSSR count). The summed E-state index contributed by atoms with van der Waals surface area (Å²) >= 11 is 0. The fourth-order valence-electron chi connectivity index (χ4n) is 3.68. The number of fused-ring (bicyclic) bond motifs is 1. The van der Waals surface area contributed by atoms with Crippen molar-refractivity contribution in [3.63, 3.8) is 0 Å². The maximum absolute atomic E-state index is 13.3. The molecule has 182 valence electrons. The molecule has 2 heterocycles. The smallest absolute Gasteiger partial charge is 0.239 e. The second kappa shape index (κ2) is 9.00. The van der Waals surface area contributed by atoms with Crippen LogP contribution in [0.5, 0.6) is 28.7 Å². The Morgan fingerprint density at radius 3 is 2.35 bits per heavy atom. The maximum atomic E-state index is 13.3. The molecule has 1 aromatic heterocycles. The van der Waals surface area contributed by atoms with Crippen molar-refractivity contribution in [1.29, 1.82) is 0 Å². The molecule has 0 aliphatic carbocycles. The molecule has 3 aromatic rings. The second-order valence-electron chi connectivity index (χ2n) is 7.63. The van der Waals surface area contributed by atoms with Crippen molar-refractivity contribution in [3.8, 4) is 40.1 Å². The lowest BCUT2D eigenvalue weighted by Gasteiger charge is -2.39. The molecule has 5 atom stereocenters. The van der Waals surface area contributed by atoms with Crippen LogP contribution >= 0.6 is 0 Å². The van der Waals surface area contributed by atoms with Gasteiger partial charge in [-0.2, -0.15) is 0 Å². The monoisotopic (exact) mass is 478 g/mol. The molecule has 1 saturated heterocycles. The Morgan fingerprint density at radius 2 is 1.71 bits per heavy atom. The van der Waals surface area contributed by atoms with Crippen molar-refractivity contribution in [2.75, 3.05) is 13.7 Å². The maximum Gasteiger partial charge on any atom is 0.239 e. The van der Waals surface area contributed by atoms with Gasteiger partial charge in [0, 0.05) is 17.7 Å². The number of phenols is 3. The number of aliphatic hydroxyl groups is 4. The third-order valence-corrected chi connectivity index (χ3v) is 5.44. The Bertz CT molecular complexity index is 1270. The number of phenolic OH excluding ortho intramolecular Hbond substituents is 3. The Hall–Kier alpha value is -3.55. The number of ether oxygens (including phenoxy) is 3. The lowest BCUT2D eigenvalue weighted by molar-refractivity contribution is -0.277. The molecule has 0 unspecified atom stereocenters. The number of rotatable bonds is 5. The third kappa shape index (κ3) is 3.97. The van der Waals surface area contributed by atoms with Crippen LogP contribution in [-0.4, -0.2) is 80.2 Å². The predicted molar refractivity (Wildman–Crippen MR) is 114 cm³/mol. The minimum atomic E-state index is -1.83. The summed E-state index contributed by atoms with van der Waals surface area (Å²) in [6.07, 6.45) is -8.31. The van der Waals surface area contributed by atoms with Crippen molar-refractivity contribution in [2.45, 2.75) is 30.7 Å². The Morgan fingerprint density at radius 1 is 0.971 bits per heavy atom. The molecule has 0 spiro atoms. The van der Waals surface area contributed by atoms with Crippen LogP contribution in [-0.2, 0) is 4.74 Å². The molecule has 1 aliphatic heterocycles. The van der Waals surface area contributed by atoms with Gasteiger partial charge in [-0.25, -0.2) is 0 Å². The number of benzene rings is 2. The van der Waals surface area contributed by atoms with Gasteiger partial charge in [0.25, 0.3) is 0 Å². The van der Waals surface area contributed by atoms with E-state index in [1.807, 2.05) is 0 Å². The van der Waals surface area contributed by atoms with E-state index in [-0.39, 0.29) is 39.5 Å². The molecule has 12 nitrogen and oxygen atoms in total. The molecule has 0 saturated carbocycles. The first kappa shape index (κ1) is 23.6. The van der Waals surface area contributed by atoms with E-state index in [9.17, 15) is 40.5 Å². The predicted octanol–water partition coefficient (Wildman–Crippen LogP) is -0.236. The van der Waals surface area contributed by atoms with E-state index in [1.165, 1.54) is 25.3 Å². The zero-order valence-electron chi connectivity index (χ0n) is 17.7. The molecule has 12 heteroatoms. The molecule has 0 bridgehead atoms. The highest BCUT2D eigenvalue weighted by molar-refractivity contribution is 5.88. The zero-order valence-corrected chi connectivity index (χ0v) is 17.7. The summed E-state index contributed by atoms with van der Waals surface area (Å²) in [5.41, 5.74) is -1.03. The number of aliphatic hydroxyl groups excluding tert-OH is 4. The van der Waals surface area contributed by atoms with Crippen molar-refractivity contribution in [1.82, 2.24) is 0 Å². The summed E-state index contributed by atoms with van der Waals surface area (Å²) in [6, 6.07) is 6.00. The summed E-state index contributed by atoms with van der Waals surface area (Å²) in [7, 11) is 1.34. The van der Waals surface area contributed by atoms with E-state index in [0.29, 0.717) is 0 Å². The van der Waals surface area contributed by atoms with Gasteiger partial charge in [0.15, 0.2) is 17.3 Å². The lowest BCUT2D eigenvalue weighted by atomic mass is 9.99. The van der Waals surface area contributed by atoms with Crippen molar-refractivity contribution < 1.29 is 54.4 Å². The first-order valence-corrected chi connectivity index (χ1v) is 10.0.